The highest BCUT2D eigenvalue weighted by atomic mass is 16.7. The number of imide groups is 1. The Bertz CT molecular complexity index is 808. The summed E-state index contributed by atoms with van der Waals surface area (Å²) in [6, 6.07) is 0. The number of amides is 3. The number of ether oxygens (including phenoxy) is 2. The summed E-state index contributed by atoms with van der Waals surface area (Å²) in [5.74, 6) is -2.64. The van der Waals surface area contributed by atoms with Crippen LogP contribution in [0.5, 0.6) is 0 Å². The van der Waals surface area contributed by atoms with Crippen molar-refractivity contribution in [2.45, 2.75) is 103 Å². The van der Waals surface area contributed by atoms with E-state index in [2.05, 4.69) is 0 Å². The molecule has 0 bridgehead atoms. The molecule has 1 heterocycles. The molecule has 0 aromatic carbocycles. The van der Waals surface area contributed by atoms with E-state index in [1.54, 1.807) is 0 Å². The lowest BCUT2D eigenvalue weighted by Gasteiger charge is -2.30. The molecular formula is C25H40N2O10. The molecule has 1 fully saturated rings. The minimum Gasteiger partial charge on any atom is -0.375 e. The maximum Gasteiger partial charge on any atom is 0.333 e. The Hall–Kier alpha value is -2.86. The van der Waals surface area contributed by atoms with Gasteiger partial charge in [0.15, 0.2) is 0 Å². The summed E-state index contributed by atoms with van der Waals surface area (Å²) in [6.07, 6.45) is 2.98. The highest BCUT2D eigenvalue weighted by Crippen LogP contribution is 2.22. The van der Waals surface area contributed by atoms with Gasteiger partial charge in [-0.25, -0.2) is 9.59 Å². The zero-order valence-corrected chi connectivity index (χ0v) is 22.5. The minimum absolute atomic E-state index is 0.0148. The molecule has 0 aliphatic carbocycles. The molecule has 210 valence electrons. The fraction of sp³-hybridized carbons (Fsp3) is 0.760. The number of hydrogen-bond donors (Lipinski definition) is 0. The molecule has 37 heavy (non-hydrogen) atoms. The Morgan fingerprint density at radius 2 is 1.43 bits per heavy atom. The van der Waals surface area contributed by atoms with Gasteiger partial charge in [-0.2, -0.15) is 5.06 Å². The Balaban J connectivity index is 2.21. The highest BCUT2D eigenvalue weighted by molar-refractivity contribution is 6.01. The van der Waals surface area contributed by atoms with E-state index in [1.807, 2.05) is 27.7 Å². The molecule has 0 atom stereocenters. The third kappa shape index (κ3) is 13.3. The SMILES string of the molecule is CN(OC(=O)CCCOC(C)(C)CCOC(C)(C)CCCC(=O)ON1C(=O)CCC1=O)C(=O)CCC=O. The van der Waals surface area contributed by atoms with Gasteiger partial charge in [0.2, 0.25) is 0 Å². The van der Waals surface area contributed by atoms with Crippen molar-refractivity contribution < 1.29 is 47.9 Å². The average Bonchev–Trinajstić information content (AvgIpc) is 3.11. The number of hydroxylamine groups is 4. The van der Waals surface area contributed by atoms with Gasteiger partial charge in [-0.1, -0.05) is 0 Å². The van der Waals surface area contributed by atoms with Crippen LogP contribution in [0, 0.1) is 0 Å². The smallest absolute Gasteiger partial charge is 0.333 e. The van der Waals surface area contributed by atoms with Crippen molar-refractivity contribution in [1.29, 1.82) is 0 Å². The van der Waals surface area contributed by atoms with E-state index >= 15 is 0 Å². The molecule has 0 aromatic heterocycles. The van der Waals surface area contributed by atoms with Crippen LogP contribution in [0.25, 0.3) is 0 Å². The third-order valence-electron chi connectivity index (χ3n) is 5.64. The number of carbonyl (C=O) groups excluding carboxylic acids is 6. The van der Waals surface area contributed by atoms with Crippen LogP contribution in [-0.4, -0.2) is 77.5 Å². The molecule has 1 rings (SSSR count). The molecule has 3 amide bonds. The summed E-state index contributed by atoms with van der Waals surface area (Å²) in [5, 5.41) is 1.39. The van der Waals surface area contributed by atoms with E-state index < -0.39 is 40.9 Å². The van der Waals surface area contributed by atoms with Crippen LogP contribution >= 0.6 is 0 Å². The van der Waals surface area contributed by atoms with Crippen LogP contribution in [0.1, 0.15) is 91.9 Å². The fourth-order valence-corrected chi connectivity index (χ4v) is 3.34. The molecule has 0 radical (unpaired) electrons. The zero-order chi connectivity index (χ0) is 28.1. The summed E-state index contributed by atoms with van der Waals surface area (Å²) in [7, 11) is 1.33. The zero-order valence-electron chi connectivity index (χ0n) is 22.5. The first-order valence-electron chi connectivity index (χ1n) is 12.5. The second-order valence-electron chi connectivity index (χ2n) is 10.0. The molecule has 0 aromatic rings. The van der Waals surface area contributed by atoms with Gasteiger partial charge in [-0.05, 0) is 53.4 Å². The molecule has 0 saturated carbocycles. The van der Waals surface area contributed by atoms with Crippen molar-refractivity contribution in [2.24, 2.45) is 0 Å². The summed E-state index contributed by atoms with van der Waals surface area (Å²) in [4.78, 5) is 78.6. The van der Waals surface area contributed by atoms with E-state index in [0.717, 1.165) is 5.06 Å². The molecule has 1 aliphatic rings. The summed E-state index contributed by atoms with van der Waals surface area (Å²) in [5.41, 5.74) is -1.01. The quantitative estimate of drug-likeness (QED) is 0.119. The number of rotatable bonds is 17. The predicted octanol–water partition coefficient (Wildman–Crippen LogP) is 2.42. The number of carbonyl (C=O) groups is 6. The summed E-state index contributed by atoms with van der Waals surface area (Å²) < 4.78 is 11.8. The fourth-order valence-electron chi connectivity index (χ4n) is 3.34. The van der Waals surface area contributed by atoms with E-state index in [4.69, 9.17) is 19.1 Å². The van der Waals surface area contributed by atoms with Crippen molar-refractivity contribution in [3.8, 4) is 0 Å². The maximum absolute atomic E-state index is 11.9. The van der Waals surface area contributed by atoms with Gasteiger partial charge in [0.1, 0.15) is 6.29 Å². The van der Waals surface area contributed by atoms with Crippen LogP contribution in [-0.2, 0) is 47.9 Å². The molecule has 1 saturated heterocycles. The van der Waals surface area contributed by atoms with Crippen molar-refractivity contribution in [3.05, 3.63) is 0 Å². The van der Waals surface area contributed by atoms with Gasteiger partial charge < -0.3 is 23.9 Å². The van der Waals surface area contributed by atoms with Crippen molar-refractivity contribution in [2.75, 3.05) is 20.3 Å². The van der Waals surface area contributed by atoms with Gasteiger partial charge in [-0.15, -0.1) is 5.06 Å². The van der Waals surface area contributed by atoms with Gasteiger partial charge in [0.25, 0.3) is 17.7 Å². The lowest BCUT2D eigenvalue weighted by molar-refractivity contribution is -0.197. The Labute approximate surface area is 217 Å². The lowest BCUT2D eigenvalue weighted by atomic mass is 10.0. The molecule has 12 nitrogen and oxygen atoms in total. The van der Waals surface area contributed by atoms with Crippen LogP contribution in [0.15, 0.2) is 0 Å². The Morgan fingerprint density at radius 1 is 0.865 bits per heavy atom. The first kappa shape index (κ1) is 32.2. The lowest BCUT2D eigenvalue weighted by Crippen LogP contribution is -2.33. The highest BCUT2D eigenvalue weighted by Gasteiger charge is 2.33. The van der Waals surface area contributed by atoms with Crippen molar-refractivity contribution >= 4 is 35.9 Å². The standard InChI is InChI=1S/C25H40N2O10/c1-24(2,14-6-10-23(33)37-27-20(30)12-13-21(27)31)35-18-15-25(3,4)34-17-8-11-22(32)36-26(5)19(29)9-7-16-28/h16H,6-15,17-18H2,1-5H3. The largest absolute Gasteiger partial charge is 0.375 e. The summed E-state index contributed by atoms with van der Waals surface area (Å²) in [6.45, 7) is 8.38. The number of nitrogens with zero attached hydrogens (tertiary/aromatic N) is 2. The van der Waals surface area contributed by atoms with Crippen LogP contribution in [0.4, 0.5) is 0 Å². The predicted molar refractivity (Wildman–Crippen MR) is 129 cm³/mol. The second-order valence-corrected chi connectivity index (χ2v) is 10.0. The van der Waals surface area contributed by atoms with E-state index in [1.165, 1.54) is 7.05 Å². The monoisotopic (exact) mass is 528 g/mol. The molecule has 0 unspecified atom stereocenters. The second kappa shape index (κ2) is 15.4. The molecule has 0 spiro atoms. The normalized spacial score (nSPS) is 14.0. The van der Waals surface area contributed by atoms with E-state index in [9.17, 15) is 28.8 Å². The topological polar surface area (TPSA) is 146 Å². The van der Waals surface area contributed by atoms with Gasteiger partial charge in [0, 0.05) is 45.8 Å². The van der Waals surface area contributed by atoms with Crippen LogP contribution in [0.3, 0.4) is 0 Å². The molecule has 0 N–H and O–H groups in total. The average molecular weight is 529 g/mol. The Morgan fingerprint density at radius 3 is 2.05 bits per heavy atom. The van der Waals surface area contributed by atoms with Gasteiger partial charge in [0.05, 0.1) is 24.2 Å². The molecular weight excluding hydrogens is 488 g/mol. The third-order valence-corrected chi connectivity index (χ3v) is 5.64. The van der Waals surface area contributed by atoms with Crippen LogP contribution in [0.2, 0.25) is 0 Å². The number of aldehydes is 1. The van der Waals surface area contributed by atoms with Crippen LogP contribution < -0.4 is 0 Å². The first-order valence-corrected chi connectivity index (χ1v) is 12.5. The Kier molecular flexibility index (Phi) is 13.4. The van der Waals surface area contributed by atoms with Crippen molar-refractivity contribution in [3.63, 3.8) is 0 Å². The van der Waals surface area contributed by atoms with Gasteiger partial charge >= 0.3 is 11.9 Å². The molecule has 12 heteroatoms. The van der Waals surface area contributed by atoms with Gasteiger partial charge in [-0.3, -0.25) is 14.4 Å². The van der Waals surface area contributed by atoms with E-state index in [-0.39, 0.29) is 38.5 Å². The minimum atomic E-state index is -0.631. The first-order chi connectivity index (χ1) is 17.3. The molecule has 1 aliphatic heterocycles. The van der Waals surface area contributed by atoms with E-state index in [0.29, 0.717) is 50.2 Å². The van der Waals surface area contributed by atoms with Crippen molar-refractivity contribution in [1.82, 2.24) is 10.1 Å². The summed E-state index contributed by atoms with van der Waals surface area (Å²) >= 11 is 0. The number of hydrogen-bond acceptors (Lipinski definition) is 10. The maximum atomic E-state index is 11.9.